The lowest BCUT2D eigenvalue weighted by molar-refractivity contribution is 0.312. The van der Waals surface area contributed by atoms with Crippen molar-refractivity contribution < 1.29 is 4.74 Å². The summed E-state index contributed by atoms with van der Waals surface area (Å²) in [6, 6.07) is 0.329. The third-order valence-electron chi connectivity index (χ3n) is 1.30. The SMILES string of the molecule is CCOc1nc(C)c(Br)c(N)n1. The summed E-state index contributed by atoms with van der Waals surface area (Å²) in [5.41, 5.74) is 6.36. The summed E-state index contributed by atoms with van der Waals surface area (Å²) in [6.45, 7) is 4.25. The van der Waals surface area contributed by atoms with E-state index >= 15 is 0 Å². The van der Waals surface area contributed by atoms with Gasteiger partial charge >= 0.3 is 6.01 Å². The zero-order valence-corrected chi connectivity index (χ0v) is 8.55. The van der Waals surface area contributed by atoms with Crippen LogP contribution in [0, 0.1) is 6.92 Å². The number of nitrogen functional groups attached to an aromatic ring is 1. The molecule has 0 aliphatic carbocycles. The maximum atomic E-state index is 5.57. The van der Waals surface area contributed by atoms with E-state index in [1.807, 2.05) is 13.8 Å². The minimum atomic E-state index is 0.329. The molecule has 0 aliphatic heterocycles. The van der Waals surface area contributed by atoms with Gasteiger partial charge in [0.25, 0.3) is 0 Å². The van der Waals surface area contributed by atoms with Gasteiger partial charge in [0.2, 0.25) is 0 Å². The Balaban J connectivity index is 3.04. The summed E-state index contributed by atoms with van der Waals surface area (Å²) in [6.07, 6.45) is 0. The molecule has 5 heteroatoms. The van der Waals surface area contributed by atoms with Crippen LogP contribution in [-0.2, 0) is 0 Å². The van der Waals surface area contributed by atoms with E-state index in [0.29, 0.717) is 18.4 Å². The van der Waals surface area contributed by atoms with Crippen molar-refractivity contribution in [3.63, 3.8) is 0 Å². The Morgan fingerprint density at radius 1 is 1.50 bits per heavy atom. The van der Waals surface area contributed by atoms with E-state index in [0.717, 1.165) is 10.2 Å². The normalized spacial score (nSPS) is 9.92. The van der Waals surface area contributed by atoms with E-state index in [9.17, 15) is 0 Å². The van der Waals surface area contributed by atoms with Gasteiger partial charge in [0, 0.05) is 0 Å². The molecule has 0 amide bonds. The van der Waals surface area contributed by atoms with Crippen LogP contribution in [0.4, 0.5) is 5.82 Å². The molecule has 0 spiro atoms. The van der Waals surface area contributed by atoms with Crippen LogP contribution in [0.25, 0.3) is 0 Å². The van der Waals surface area contributed by atoms with Crippen molar-refractivity contribution in [2.24, 2.45) is 0 Å². The maximum absolute atomic E-state index is 5.57. The van der Waals surface area contributed by atoms with Crippen LogP contribution >= 0.6 is 15.9 Å². The summed E-state index contributed by atoms with van der Waals surface area (Å²) in [5, 5.41) is 0. The van der Waals surface area contributed by atoms with Crippen molar-refractivity contribution in [3.8, 4) is 6.01 Å². The van der Waals surface area contributed by atoms with Crippen LogP contribution < -0.4 is 10.5 Å². The molecular weight excluding hydrogens is 222 g/mol. The Labute approximate surface area is 79.3 Å². The molecule has 1 aromatic heterocycles. The first-order valence-electron chi connectivity index (χ1n) is 3.57. The molecular formula is C7H10BrN3O. The van der Waals surface area contributed by atoms with Gasteiger partial charge in [-0.1, -0.05) is 0 Å². The topological polar surface area (TPSA) is 61.0 Å². The van der Waals surface area contributed by atoms with Crippen LogP contribution in [0.5, 0.6) is 6.01 Å². The van der Waals surface area contributed by atoms with Crippen molar-refractivity contribution in [1.29, 1.82) is 0 Å². The molecule has 0 aromatic carbocycles. The second kappa shape index (κ2) is 3.71. The third kappa shape index (κ3) is 1.85. The zero-order valence-electron chi connectivity index (χ0n) is 6.97. The molecule has 0 unspecified atom stereocenters. The Hall–Kier alpha value is -0.840. The molecule has 4 nitrogen and oxygen atoms in total. The highest BCUT2D eigenvalue weighted by molar-refractivity contribution is 9.10. The first-order chi connectivity index (χ1) is 5.65. The standard InChI is InChI=1S/C7H10BrN3O/c1-3-12-7-10-4(2)5(8)6(9)11-7/h3H2,1-2H3,(H2,9,10,11). The van der Waals surface area contributed by atoms with Gasteiger partial charge in [0.1, 0.15) is 5.82 Å². The number of ether oxygens (including phenoxy) is 1. The van der Waals surface area contributed by atoms with Crippen LogP contribution in [0.15, 0.2) is 4.47 Å². The van der Waals surface area contributed by atoms with Gasteiger partial charge in [-0.05, 0) is 29.8 Å². The number of rotatable bonds is 2. The lowest BCUT2D eigenvalue weighted by Crippen LogP contribution is -2.03. The number of hydrogen-bond donors (Lipinski definition) is 1. The van der Waals surface area contributed by atoms with E-state index in [4.69, 9.17) is 10.5 Å². The predicted molar refractivity (Wildman–Crippen MR) is 50.1 cm³/mol. The summed E-state index contributed by atoms with van der Waals surface area (Å²) in [5.74, 6) is 0.408. The highest BCUT2D eigenvalue weighted by Crippen LogP contribution is 2.22. The molecule has 1 aromatic rings. The van der Waals surface area contributed by atoms with Crippen molar-refractivity contribution in [3.05, 3.63) is 10.2 Å². The highest BCUT2D eigenvalue weighted by atomic mass is 79.9. The summed E-state index contributed by atoms with van der Waals surface area (Å²) < 4.78 is 5.83. The van der Waals surface area contributed by atoms with Crippen molar-refractivity contribution in [2.45, 2.75) is 13.8 Å². The van der Waals surface area contributed by atoms with E-state index in [1.54, 1.807) is 0 Å². The Morgan fingerprint density at radius 3 is 2.67 bits per heavy atom. The van der Waals surface area contributed by atoms with Crippen molar-refractivity contribution in [2.75, 3.05) is 12.3 Å². The molecule has 1 rings (SSSR count). The molecule has 0 radical (unpaired) electrons. The second-order valence-corrected chi connectivity index (χ2v) is 3.02. The summed E-state index contributed by atoms with van der Waals surface area (Å²) in [4.78, 5) is 7.98. The van der Waals surface area contributed by atoms with Gasteiger partial charge in [-0.15, -0.1) is 0 Å². The van der Waals surface area contributed by atoms with Crippen LogP contribution in [0.3, 0.4) is 0 Å². The summed E-state index contributed by atoms with van der Waals surface area (Å²) in [7, 11) is 0. The molecule has 0 fully saturated rings. The van der Waals surface area contributed by atoms with Gasteiger partial charge in [-0.2, -0.15) is 9.97 Å². The molecule has 0 atom stereocenters. The number of nitrogens with zero attached hydrogens (tertiary/aromatic N) is 2. The Kier molecular flexibility index (Phi) is 2.86. The van der Waals surface area contributed by atoms with Gasteiger partial charge in [0.05, 0.1) is 16.8 Å². The zero-order chi connectivity index (χ0) is 9.14. The molecule has 2 N–H and O–H groups in total. The number of hydrogen-bond acceptors (Lipinski definition) is 4. The number of nitrogens with two attached hydrogens (primary N) is 1. The molecule has 0 aliphatic rings. The van der Waals surface area contributed by atoms with Crippen molar-refractivity contribution in [1.82, 2.24) is 9.97 Å². The molecule has 1 heterocycles. The first-order valence-corrected chi connectivity index (χ1v) is 4.36. The van der Waals surface area contributed by atoms with Gasteiger partial charge in [-0.25, -0.2) is 0 Å². The smallest absolute Gasteiger partial charge is 0.318 e. The number of aromatic nitrogens is 2. The van der Waals surface area contributed by atoms with Gasteiger partial charge in [0.15, 0.2) is 0 Å². The van der Waals surface area contributed by atoms with Crippen molar-refractivity contribution >= 4 is 21.7 Å². The number of aryl methyl sites for hydroxylation is 1. The van der Waals surface area contributed by atoms with E-state index in [1.165, 1.54) is 0 Å². The average Bonchev–Trinajstić information content (AvgIpc) is 2.01. The molecule has 0 saturated heterocycles. The monoisotopic (exact) mass is 231 g/mol. The average molecular weight is 232 g/mol. The maximum Gasteiger partial charge on any atom is 0.318 e. The lowest BCUT2D eigenvalue weighted by Gasteiger charge is -2.04. The number of halogens is 1. The predicted octanol–water partition coefficient (Wildman–Crippen LogP) is 1.53. The summed E-state index contributed by atoms with van der Waals surface area (Å²) >= 11 is 3.26. The molecule has 0 saturated carbocycles. The highest BCUT2D eigenvalue weighted by Gasteiger charge is 2.05. The second-order valence-electron chi connectivity index (χ2n) is 2.22. The fourth-order valence-electron chi connectivity index (χ4n) is 0.749. The minimum Gasteiger partial charge on any atom is -0.464 e. The Morgan fingerprint density at radius 2 is 2.17 bits per heavy atom. The van der Waals surface area contributed by atoms with E-state index in [2.05, 4.69) is 25.9 Å². The van der Waals surface area contributed by atoms with Gasteiger partial charge in [-0.3, -0.25) is 0 Å². The largest absolute Gasteiger partial charge is 0.464 e. The first kappa shape index (κ1) is 9.25. The Bertz CT molecular complexity index is 267. The lowest BCUT2D eigenvalue weighted by atomic mass is 10.4. The molecule has 66 valence electrons. The van der Waals surface area contributed by atoms with Gasteiger partial charge < -0.3 is 10.5 Å². The van der Waals surface area contributed by atoms with Crippen LogP contribution in [-0.4, -0.2) is 16.6 Å². The van der Waals surface area contributed by atoms with Crippen LogP contribution in [0.2, 0.25) is 0 Å². The third-order valence-corrected chi connectivity index (χ3v) is 2.28. The fourth-order valence-corrected chi connectivity index (χ4v) is 0.926. The minimum absolute atomic E-state index is 0.329. The molecule has 12 heavy (non-hydrogen) atoms. The quantitative estimate of drug-likeness (QED) is 0.839. The van der Waals surface area contributed by atoms with E-state index < -0.39 is 0 Å². The fraction of sp³-hybridized carbons (Fsp3) is 0.429. The van der Waals surface area contributed by atoms with E-state index in [-0.39, 0.29) is 0 Å². The van der Waals surface area contributed by atoms with Crippen LogP contribution in [0.1, 0.15) is 12.6 Å². The number of anilines is 1. The molecule has 0 bridgehead atoms.